The minimum Gasteiger partial charge on any atom is -0.325 e. The summed E-state index contributed by atoms with van der Waals surface area (Å²) in [6.45, 7) is 2.05. The SMILES string of the molecule is Cc1ccc(CSCC(=O)Nc2ccc(C(=O)Nc3nccs3)cc2)cc1. The van der Waals surface area contributed by atoms with Gasteiger partial charge in [0.05, 0.1) is 5.75 Å². The van der Waals surface area contributed by atoms with Crippen LogP contribution < -0.4 is 10.6 Å². The normalized spacial score (nSPS) is 10.4. The number of nitrogens with one attached hydrogen (secondary N) is 2. The lowest BCUT2D eigenvalue weighted by molar-refractivity contribution is -0.113. The van der Waals surface area contributed by atoms with E-state index in [1.165, 1.54) is 22.5 Å². The molecule has 1 aromatic heterocycles. The Bertz CT molecular complexity index is 892. The predicted octanol–water partition coefficient (Wildman–Crippen LogP) is 4.58. The van der Waals surface area contributed by atoms with Gasteiger partial charge in [-0.2, -0.15) is 0 Å². The van der Waals surface area contributed by atoms with E-state index in [-0.39, 0.29) is 11.8 Å². The zero-order chi connectivity index (χ0) is 19.1. The molecular formula is C20H19N3O2S2. The summed E-state index contributed by atoms with van der Waals surface area (Å²) in [6, 6.07) is 15.1. The molecule has 2 amide bonds. The van der Waals surface area contributed by atoms with Crippen molar-refractivity contribution in [1.82, 2.24) is 4.98 Å². The average molecular weight is 398 g/mol. The second kappa shape index (κ2) is 9.34. The first-order valence-corrected chi connectivity index (χ1v) is 10.4. The third-order valence-electron chi connectivity index (χ3n) is 3.71. The zero-order valence-corrected chi connectivity index (χ0v) is 16.4. The number of thioether (sulfide) groups is 1. The Morgan fingerprint density at radius 1 is 1.04 bits per heavy atom. The molecule has 138 valence electrons. The van der Waals surface area contributed by atoms with Gasteiger partial charge < -0.3 is 5.32 Å². The number of carbonyl (C=O) groups excluding carboxylic acids is 2. The number of amides is 2. The molecule has 0 atom stereocenters. The molecule has 0 aliphatic heterocycles. The van der Waals surface area contributed by atoms with Crippen LogP contribution in [0.4, 0.5) is 10.8 Å². The van der Waals surface area contributed by atoms with Crippen molar-refractivity contribution >= 4 is 45.7 Å². The van der Waals surface area contributed by atoms with Crippen LogP contribution in [0.2, 0.25) is 0 Å². The predicted molar refractivity (Wildman–Crippen MR) is 112 cm³/mol. The number of hydrogen-bond acceptors (Lipinski definition) is 5. The van der Waals surface area contributed by atoms with Gasteiger partial charge in [0.2, 0.25) is 5.91 Å². The Morgan fingerprint density at radius 3 is 2.44 bits per heavy atom. The molecular weight excluding hydrogens is 378 g/mol. The first-order valence-electron chi connectivity index (χ1n) is 8.34. The van der Waals surface area contributed by atoms with Crippen LogP contribution in [0, 0.1) is 6.92 Å². The van der Waals surface area contributed by atoms with E-state index in [1.54, 1.807) is 47.6 Å². The van der Waals surface area contributed by atoms with Crippen LogP contribution in [0.5, 0.6) is 0 Å². The zero-order valence-electron chi connectivity index (χ0n) is 14.8. The maximum Gasteiger partial charge on any atom is 0.257 e. The quantitative estimate of drug-likeness (QED) is 0.612. The third-order valence-corrected chi connectivity index (χ3v) is 5.40. The van der Waals surface area contributed by atoms with Crippen molar-refractivity contribution < 1.29 is 9.59 Å². The summed E-state index contributed by atoms with van der Waals surface area (Å²) in [6.07, 6.45) is 1.63. The summed E-state index contributed by atoms with van der Waals surface area (Å²) >= 11 is 2.93. The second-order valence-electron chi connectivity index (χ2n) is 5.90. The molecule has 3 rings (SSSR count). The summed E-state index contributed by atoms with van der Waals surface area (Å²) in [5.74, 6) is 0.882. The fourth-order valence-electron chi connectivity index (χ4n) is 2.30. The lowest BCUT2D eigenvalue weighted by atomic mass is 10.2. The summed E-state index contributed by atoms with van der Waals surface area (Å²) in [4.78, 5) is 28.2. The molecule has 2 N–H and O–H groups in total. The molecule has 0 radical (unpaired) electrons. The van der Waals surface area contributed by atoms with Crippen molar-refractivity contribution in [3.63, 3.8) is 0 Å². The highest BCUT2D eigenvalue weighted by atomic mass is 32.2. The molecule has 3 aromatic rings. The van der Waals surface area contributed by atoms with Crippen LogP contribution in [-0.4, -0.2) is 22.6 Å². The minimum absolute atomic E-state index is 0.0629. The van der Waals surface area contributed by atoms with Gasteiger partial charge in [0, 0.05) is 28.6 Å². The Labute approximate surface area is 166 Å². The molecule has 2 aromatic carbocycles. The van der Waals surface area contributed by atoms with E-state index in [0.29, 0.717) is 22.1 Å². The highest BCUT2D eigenvalue weighted by molar-refractivity contribution is 7.99. The van der Waals surface area contributed by atoms with Gasteiger partial charge >= 0.3 is 0 Å². The number of thiazole rings is 1. The molecule has 7 heteroatoms. The van der Waals surface area contributed by atoms with E-state index in [0.717, 1.165) is 5.75 Å². The molecule has 0 fully saturated rings. The van der Waals surface area contributed by atoms with Gasteiger partial charge in [0.1, 0.15) is 0 Å². The Morgan fingerprint density at radius 2 is 1.78 bits per heavy atom. The van der Waals surface area contributed by atoms with Crippen LogP contribution >= 0.6 is 23.1 Å². The van der Waals surface area contributed by atoms with Crippen LogP contribution in [0.1, 0.15) is 21.5 Å². The van der Waals surface area contributed by atoms with Crippen LogP contribution in [0.15, 0.2) is 60.1 Å². The van der Waals surface area contributed by atoms with Crippen molar-refractivity contribution in [3.8, 4) is 0 Å². The van der Waals surface area contributed by atoms with Crippen LogP contribution in [-0.2, 0) is 10.5 Å². The Hall–Kier alpha value is -2.64. The van der Waals surface area contributed by atoms with E-state index in [1.807, 2.05) is 0 Å². The topological polar surface area (TPSA) is 71.1 Å². The summed E-state index contributed by atoms with van der Waals surface area (Å²) in [5, 5.41) is 7.93. The van der Waals surface area contributed by atoms with Crippen molar-refractivity contribution in [1.29, 1.82) is 0 Å². The second-order valence-corrected chi connectivity index (χ2v) is 7.78. The van der Waals surface area contributed by atoms with Gasteiger partial charge in [-0.05, 0) is 36.8 Å². The van der Waals surface area contributed by atoms with Gasteiger partial charge in [-0.25, -0.2) is 4.98 Å². The number of aryl methyl sites for hydroxylation is 1. The minimum atomic E-state index is -0.225. The monoisotopic (exact) mass is 397 g/mol. The molecule has 0 saturated heterocycles. The molecule has 1 heterocycles. The number of aromatic nitrogens is 1. The lowest BCUT2D eigenvalue weighted by Crippen LogP contribution is -2.15. The lowest BCUT2D eigenvalue weighted by Gasteiger charge is -2.07. The number of carbonyl (C=O) groups is 2. The largest absolute Gasteiger partial charge is 0.325 e. The Balaban J connectivity index is 1.45. The number of nitrogens with zero attached hydrogens (tertiary/aromatic N) is 1. The van der Waals surface area contributed by atoms with Crippen molar-refractivity contribution in [2.75, 3.05) is 16.4 Å². The molecule has 0 unspecified atom stereocenters. The maximum atomic E-state index is 12.1. The molecule has 0 aliphatic carbocycles. The fourth-order valence-corrected chi connectivity index (χ4v) is 3.61. The molecule has 0 aliphatic rings. The number of anilines is 2. The third kappa shape index (κ3) is 5.94. The summed E-state index contributed by atoms with van der Waals surface area (Å²) < 4.78 is 0. The van der Waals surface area contributed by atoms with Gasteiger partial charge in [-0.1, -0.05) is 29.8 Å². The van der Waals surface area contributed by atoms with Crippen LogP contribution in [0.25, 0.3) is 0 Å². The smallest absolute Gasteiger partial charge is 0.257 e. The Kier molecular flexibility index (Phi) is 6.62. The van der Waals surface area contributed by atoms with E-state index < -0.39 is 0 Å². The highest BCUT2D eigenvalue weighted by Crippen LogP contribution is 2.16. The summed E-state index contributed by atoms with van der Waals surface area (Å²) in [5.41, 5.74) is 3.61. The van der Waals surface area contributed by atoms with Gasteiger partial charge in [-0.3, -0.25) is 14.9 Å². The molecule has 0 saturated carbocycles. The van der Waals surface area contributed by atoms with Crippen LogP contribution in [0.3, 0.4) is 0 Å². The van der Waals surface area contributed by atoms with Crippen molar-refractivity contribution in [2.45, 2.75) is 12.7 Å². The average Bonchev–Trinajstić information content (AvgIpc) is 3.17. The molecule has 0 spiro atoms. The molecule has 5 nitrogen and oxygen atoms in total. The van der Waals surface area contributed by atoms with E-state index in [4.69, 9.17) is 0 Å². The van der Waals surface area contributed by atoms with Gasteiger partial charge in [0.25, 0.3) is 5.91 Å². The standard InChI is InChI=1S/C20H19N3O2S2/c1-14-2-4-15(5-3-14)12-26-13-18(24)22-17-8-6-16(7-9-17)19(25)23-20-21-10-11-27-20/h2-11H,12-13H2,1H3,(H,22,24)(H,21,23,25). The van der Waals surface area contributed by atoms with Crippen molar-refractivity contribution in [2.24, 2.45) is 0 Å². The van der Waals surface area contributed by atoms with Gasteiger partial charge in [0.15, 0.2) is 5.13 Å². The molecule has 0 bridgehead atoms. The van der Waals surface area contributed by atoms with Crippen molar-refractivity contribution in [3.05, 3.63) is 76.8 Å². The first-order chi connectivity index (χ1) is 13.1. The van der Waals surface area contributed by atoms with E-state index in [9.17, 15) is 9.59 Å². The number of hydrogen-bond donors (Lipinski definition) is 2. The summed E-state index contributed by atoms with van der Waals surface area (Å²) in [7, 11) is 0. The first kappa shape index (κ1) is 19.1. The fraction of sp³-hybridized carbons (Fsp3) is 0.150. The number of rotatable bonds is 7. The maximum absolute atomic E-state index is 12.1. The molecule has 27 heavy (non-hydrogen) atoms. The van der Waals surface area contributed by atoms with E-state index >= 15 is 0 Å². The van der Waals surface area contributed by atoms with E-state index in [2.05, 4.69) is 46.8 Å². The number of benzene rings is 2. The van der Waals surface area contributed by atoms with Gasteiger partial charge in [-0.15, -0.1) is 23.1 Å². The highest BCUT2D eigenvalue weighted by Gasteiger charge is 2.08.